The molecule has 0 saturated heterocycles. The van der Waals surface area contributed by atoms with Gasteiger partial charge in [-0.15, -0.1) is 0 Å². The lowest BCUT2D eigenvalue weighted by atomic mass is 10.2. The highest BCUT2D eigenvalue weighted by Crippen LogP contribution is 2.10. The Morgan fingerprint density at radius 1 is 1.04 bits per heavy atom. The van der Waals surface area contributed by atoms with Crippen LogP contribution in [-0.4, -0.2) is 25.0 Å². The predicted molar refractivity (Wildman–Crippen MR) is 92.9 cm³/mol. The number of benzene rings is 2. The lowest BCUT2D eigenvalue weighted by molar-refractivity contribution is -0.141. The number of carbonyl (C=O) groups is 2. The first kappa shape index (κ1) is 17.0. The van der Waals surface area contributed by atoms with Crippen molar-refractivity contribution in [2.75, 3.05) is 13.2 Å². The molecule has 0 aromatic heterocycles. The number of amides is 1. The summed E-state index contributed by atoms with van der Waals surface area (Å²) < 4.78 is 5.91. The first-order chi connectivity index (χ1) is 11.1. The summed E-state index contributed by atoms with van der Waals surface area (Å²) in [5, 5.41) is 2.52. The van der Waals surface area contributed by atoms with Crippen LogP contribution in [0.25, 0.3) is 6.08 Å². The van der Waals surface area contributed by atoms with E-state index in [1.165, 1.54) is 0 Å². The zero-order chi connectivity index (χ0) is 16.5. The monoisotopic (exact) mass is 373 g/mol. The van der Waals surface area contributed by atoms with Crippen molar-refractivity contribution in [2.45, 2.75) is 0 Å². The Balaban J connectivity index is 1.70. The minimum Gasteiger partial charge on any atom is -0.460 e. The van der Waals surface area contributed by atoms with E-state index in [9.17, 15) is 9.59 Å². The van der Waals surface area contributed by atoms with Crippen molar-refractivity contribution in [2.24, 2.45) is 0 Å². The van der Waals surface area contributed by atoms with E-state index in [-0.39, 0.29) is 19.1 Å². The number of esters is 1. The molecule has 0 atom stereocenters. The zero-order valence-corrected chi connectivity index (χ0v) is 14.0. The van der Waals surface area contributed by atoms with Gasteiger partial charge in [0.1, 0.15) is 13.2 Å². The summed E-state index contributed by atoms with van der Waals surface area (Å²) in [5.41, 5.74) is 1.53. The molecule has 0 unspecified atom stereocenters. The SMILES string of the molecule is O=C(CNC(=O)c1ccc(Br)cc1)OC/C=C/c1ccccc1. The number of hydrogen-bond acceptors (Lipinski definition) is 3. The number of halogens is 1. The molecule has 2 rings (SSSR count). The van der Waals surface area contributed by atoms with E-state index >= 15 is 0 Å². The summed E-state index contributed by atoms with van der Waals surface area (Å²) in [4.78, 5) is 23.4. The molecule has 1 amide bonds. The van der Waals surface area contributed by atoms with Crippen LogP contribution < -0.4 is 5.32 Å². The van der Waals surface area contributed by atoms with Crippen LogP contribution in [0.15, 0.2) is 65.1 Å². The number of hydrogen-bond donors (Lipinski definition) is 1. The third-order valence-electron chi connectivity index (χ3n) is 2.95. The van der Waals surface area contributed by atoms with E-state index in [4.69, 9.17) is 4.74 Å². The van der Waals surface area contributed by atoms with Crippen LogP contribution in [0.3, 0.4) is 0 Å². The Morgan fingerprint density at radius 2 is 1.74 bits per heavy atom. The largest absolute Gasteiger partial charge is 0.460 e. The summed E-state index contributed by atoms with van der Waals surface area (Å²) >= 11 is 3.30. The van der Waals surface area contributed by atoms with Gasteiger partial charge >= 0.3 is 5.97 Å². The minimum atomic E-state index is -0.479. The van der Waals surface area contributed by atoms with Gasteiger partial charge in [-0.2, -0.15) is 0 Å². The summed E-state index contributed by atoms with van der Waals surface area (Å²) in [6.07, 6.45) is 3.62. The molecule has 23 heavy (non-hydrogen) atoms. The molecule has 0 fully saturated rings. The number of carbonyl (C=O) groups excluding carboxylic acids is 2. The first-order valence-electron chi connectivity index (χ1n) is 7.06. The Bertz CT molecular complexity index is 681. The van der Waals surface area contributed by atoms with Crippen LogP contribution in [0.5, 0.6) is 0 Å². The van der Waals surface area contributed by atoms with Gasteiger partial charge in [-0.25, -0.2) is 0 Å². The minimum absolute atomic E-state index is 0.159. The maximum Gasteiger partial charge on any atom is 0.325 e. The molecule has 0 bridgehead atoms. The predicted octanol–water partition coefficient (Wildman–Crippen LogP) is 3.44. The molecule has 0 aliphatic carbocycles. The van der Waals surface area contributed by atoms with E-state index in [1.807, 2.05) is 36.4 Å². The van der Waals surface area contributed by atoms with Gasteiger partial charge in [0, 0.05) is 10.0 Å². The van der Waals surface area contributed by atoms with Crippen molar-refractivity contribution in [3.63, 3.8) is 0 Å². The van der Waals surface area contributed by atoms with Gasteiger partial charge in [-0.3, -0.25) is 9.59 Å². The molecule has 0 saturated carbocycles. The fourth-order valence-electron chi connectivity index (χ4n) is 1.80. The van der Waals surface area contributed by atoms with Crippen LogP contribution in [0, 0.1) is 0 Å². The molecule has 4 nitrogen and oxygen atoms in total. The number of ether oxygens (including phenoxy) is 1. The van der Waals surface area contributed by atoms with Crippen molar-refractivity contribution >= 4 is 33.9 Å². The van der Waals surface area contributed by atoms with Gasteiger partial charge in [0.15, 0.2) is 0 Å². The lowest BCUT2D eigenvalue weighted by Gasteiger charge is -2.05. The molecule has 2 aromatic carbocycles. The van der Waals surface area contributed by atoms with Gasteiger partial charge in [0.05, 0.1) is 0 Å². The maximum absolute atomic E-state index is 11.8. The Kier molecular flexibility index (Phi) is 6.56. The molecule has 2 aromatic rings. The Morgan fingerprint density at radius 3 is 2.43 bits per heavy atom. The van der Waals surface area contributed by atoms with Crippen LogP contribution in [-0.2, 0) is 9.53 Å². The molecule has 0 spiro atoms. The smallest absolute Gasteiger partial charge is 0.325 e. The molecule has 0 aliphatic rings. The molecule has 5 heteroatoms. The van der Waals surface area contributed by atoms with Crippen LogP contribution in [0.1, 0.15) is 15.9 Å². The zero-order valence-electron chi connectivity index (χ0n) is 12.4. The molecular weight excluding hydrogens is 358 g/mol. The number of rotatable bonds is 6. The molecule has 1 N–H and O–H groups in total. The third-order valence-corrected chi connectivity index (χ3v) is 3.48. The molecule has 0 aliphatic heterocycles. The van der Waals surface area contributed by atoms with Crippen LogP contribution in [0.4, 0.5) is 0 Å². The second kappa shape index (κ2) is 8.90. The van der Waals surface area contributed by atoms with E-state index in [1.54, 1.807) is 30.3 Å². The lowest BCUT2D eigenvalue weighted by Crippen LogP contribution is -2.30. The summed E-state index contributed by atoms with van der Waals surface area (Å²) in [6, 6.07) is 16.6. The van der Waals surface area contributed by atoms with Crippen LogP contribution in [0.2, 0.25) is 0 Å². The van der Waals surface area contributed by atoms with E-state index < -0.39 is 5.97 Å². The number of nitrogens with one attached hydrogen (secondary N) is 1. The summed E-state index contributed by atoms with van der Waals surface area (Å²) in [5.74, 6) is -0.789. The van der Waals surface area contributed by atoms with E-state index in [0.717, 1.165) is 10.0 Å². The van der Waals surface area contributed by atoms with Gasteiger partial charge in [0.25, 0.3) is 5.91 Å². The summed E-state index contributed by atoms with van der Waals surface area (Å²) in [6.45, 7) is 0.00988. The molecule has 0 heterocycles. The third kappa shape index (κ3) is 6.08. The average Bonchev–Trinajstić information content (AvgIpc) is 2.58. The van der Waals surface area contributed by atoms with Crippen LogP contribution >= 0.6 is 15.9 Å². The highest BCUT2D eigenvalue weighted by atomic mass is 79.9. The quantitative estimate of drug-likeness (QED) is 0.789. The molecule has 0 radical (unpaired) electrons. The van der Waals surface area contributed by atoms with Crippen molar-refractivity contribution < 1.29 is 14.3 Å². The molecular formula is C18H16BrNO3. The van der Waals surface area contributed by atoms with Gasteiger partial charge in [-0.1, -0.05) is 52.3 Å². The normalized spacial score (nSPS) is 10.5. The van der Waals surface area contributed by atoms with Crippen molar-refractivity contribution in [1.29, 1.82) is 0 Å². The first-order valence-corrected chi connectivity index (χ1v) is 7.85. The van der Waals surface area contributed by atoms with Crippen molar-refractivity contribution in [3.8, 4) is 0 Å². The standard InChI is InChI=1S/C18H16BrNO3/c19-16-10-8-15(9-11-16)18(22)20-13-17(21)23-12-4-7-14-5-2-1-3-6-14/h1-11H,12-13H2,(H,20,22)/b7-4+. The Hall–Kier alpha value is -2.40. The van der Waals surface area contributed by atoms with E-state index in [0.29, 0.717) is 5.56 Å². The highest BCUT2D eigenvalue weighted by molar-refractivity contribution is 9.10. The fraction of sp³-hybridized carbons (Fsp3) is 0.111. The van der Waals surface area contributed by atoms with Gasteiger partial charge < -0.3 is 10.1 Å². The molecule has 118 valence electrons. The topological polar surface area (TPSA) is 55.4 Å². The van der Waals surface area contributed by atoms with Crippen molar-refractivity contribution in [1.82, 2.24) is 5.32 Å². The highest BCUT2D eigenvalue weighted by Gasteiger charge is 2.08. The average molecular weight is 374 g/mol. The van der Waals surface area contributed by atoms with E-state index in [2.05, 4.69) is 21.2 Å². The van der Waals surface area contributed by atoms with Gasteiger partial charge in [-0.05, 0) is 35.9 Å². The maximum atomic E-state index is 11.8. The second-order valence-corrected chi connectivity index (χ2v) is 5.60. The van der Waals surface area contributed by atoms with Gasteiger partial charge in [0.2, 0.25) is 0 Å². The summed E-state index contributed by atoms with van der Waals surface area (Å²) in [7, 11) is 0. The van der Waals surface area contributed by atoms with Crippen molar-refractivity contribution in [3.05, 3.63) is 76.3 Å². The fourth-order valence-corrected chi connectivity index (χ4v) is 2.06. The Labute approximate surface area is 143 Å². The second-order valence-electron chi connectivity index (χ2n) is 4.69.